The van der Waals surface area contributed by atoms with Gasteiger partial charge < -0.3 is 15.3 Å². The first kappa shape index (κ1) is 13.3. The first-order chi connectivity index (χ1) is 8.71. The van der Waals surface area contributed by atoms with Gasteiger partial charge in [-0.05, 0) is 37.2 Å². The van der Waals surface area contributed by atoms with Crippen LogP contribution in [0.3, 0.4) is 0 Å². The molecule has 0 bridgehead atoms. The Balaban J connectivity index is 2.15. The normalized spacial score (nSPS) is 57.2. The third kappa shape index (κ3) is 1.42. The molecular weight excluding hydrogens is 244 g/mol. The van der Waals surface area contributed by atoms with Crippen LogP contribution in [0.25, 0.3) is 0 Å². The van der Waals surface area contributed by atoms with Crippen molar-refractivity contribution >= 4 is 5.78 Å². The van der Waals surface area contributed by atoms with Crippen LogP contribution in [0, 0.1) is 23.7 Å². The molecule has 19 heavy (non-hydrogen) atoms. The predicted octanol–water partition coefficient (Wildman–Crippen LogP) is 0.650. The standard InChI is InChI=1S/C15H22O4/c1-7-6-10(16)15(19)8(2)13(17)12-11(15)9(7)4-5-14(12,3)18/h7,9,11-13,17-19H,2,4-6H2,1,3H3/t7-,9+,11?,12-,13+,14+,15-/m1/s1. The second kappa shape index (κ2) is 3.68. The van der Waals surface area contributed by atoms with E-state index in [1.165, 1.54) is 0 Å². The van der Waals surface area contributed by atoms with Crippen molar-refractivity contribution in [2.45, 2.75) is 50.4 Å². The molecule has 0 spiro atoms. The maximum atomic E-state index is 12.3. The number of carbonyl (C=O) groups is 1. The third-order valence-electron chi connectivity index (χ3n) is 5.88. The Hall–Kier alpha value is -0.710. The van der Waals surface area contributed by atoms with E-state index in [4.69, 9.17) is 0 Å². The minimum Gasteiger partial charge on any atom is -0.390 e. The van der Waals surface area contributed by atoms with E-state index in [0.29, 0.717) is 12.8 Å². The van der Waals surface area contributed by atoms with E-state index in [0.717, 1.165) is 6.42 Å². The molecule has 0 radical (unpaired) electrons. The van der Waals surface area contributed by atoms with E-state index in [1.54, 1.807) is 6.92 Å². The van der Waals surface area contributed by atoms with Gasteiger partial charge in [-0.25, -0.2) is 0 Å². The minimum atomic E-state index is -1.63. The molecule has 3 aliphatic carbocycles. The molecule has 0 aromatic heterocycles. The zero-order valence-corrected chi connectivity index (χ0v) is 11.5. The van der Waals surface area contributed by atoms with Crippen LogP contribution in [0.1, 0.15) is 33.1 Å². The molecule has 0 aliphatic heterocycles. The summed E-state index contributed by atoms with van der Waals surface area (Å²) in [6.45, 7) is 7.48. The molecule has 4 nitrogen and oxygen atoms in total. The van der Waals surface area contributed by atoms with Crippen LogP contribution in [0.2, 0.25) is 0 Å². The number of carbonyl (C=O) groups excluding carboxylic acids is 1. The highest BCUT2D eigenvalue weighted by molar-refractivity contribution is 5.93. The zero-order valence-electron chi connectivity index (χ0n) is 11.5. The molecule has 0 heterocycles. The molecule has 1 unspecified atom stereocenters. The zero-order chi connectivity index (χ0) is 14.2. The summed E-state index contributed by atoms with van der Waals surface area (Å²) in [6, 6.07) is 0. The lowest BCUT2D eigenvalue weighted by Gasteiger charge is -2.51. The minimum absolute atomic E-state index is 0.168. The topological polar surface area (TPSA) is 77.8 Å². The molecule has 3 aliphatic rings. The number of hydrogen-bond donors (Lipinski definition) is 3. The number of ketones is 1. The van der Waals surface area contributed by atoms with E-state index >= 15 is 0 Å². The summed E-state index contributed by atoms with van der Waals surface area (Å²) in [5.41, 5.74) is -2.50. The van der Waals surface area contributed by atoms with Crippen molar-refractivity contribution in [3.63, 3.8) is 0 Å². The smallest absolute Gasteiger partial charge is 0.169 e. The van der Waals surface area contributed by atoms with Crippen LogP contribution in [0.4, 0.5) is 0 Å². The molecule has 3 fully saturated rings. The van der Waals surface area contributed by atoms with Crippen molar-refractivity contribution in [2.24, 2.45) is 23.7 Å². The molecule has 0 amide bonds. The largest absolute Gasteiger partial charge is 0.390 e. The number of hydrogen-bond acceptors (Lipinski definition) is 4. The highest BCUT2D eigenvalue weighted by Gasteiger charge is 2.69. The average molecular weight is 266 g/mol. The Morgan fingerprint density at radius 2 is 1.95 bits per heavy atom. The van der Waals surface area contributed by atoms with E-state index < -0.39 is 29.1 Å². The summed E-state index contributed by atoms with van der Waals surface area (Å²) in [7, 11) is 0. The Morgan fingerprint density at radius 1 is 1.32 bits per heavy atom. The lowest BCUT2D eigenvalue weighted by atomic mass is 9.55. The molecular formula is C15H22O4. The van der Waals surface area contributed by atoms with Gasteiger partial charge in [0.15, 0.2) is 5.78 Å². The van der Waals surface area contributed by atoms with Crippen LogP contribution >= 0.6 is 0 Å². The van der Waals surface area contributed by atoms with Gasteiger partial charge in [0.25, 0.3) is 0 Å². The summed E-state index contributed by atoms with van der Waals surface area (Å²) in [5, 5.41) is 31.8. The Kier molecular flexibility index (Phi) is 2.58. The SMILES string of the molecule is C=C1[C@H](O)[C@H]2C3[C@@H](CC[C@]2(C)O)[C@H](C)CC(=O)[C@]13O. The highest BCUT2D eigenvalue weighted by Crippen LogP contribution is 2.61. The Morgan fingerprint density at radius 3 is 2.58 bits per heavy atom. The fourth-order valence-electron chi connectivity index (χ4n) is 4.82. The van der Waals surface area contributed by atoms with Crippen LogP contribution in [-0.2, 0) is 4.79 Å². The number of Topliss-reactive ketones (excluding diaryl/α,β-unsaturated/α-hetero) is 1. The first-order valence-electron chi connectivity index (χ1n) is 7.06. The van der Waals surface area contributed by atoms with Crippen molar-refractivity contribution in [1.82, 2.24) is 0 Å². The van der Waals surface area contributed by atoms with Crippen molar-refractivity contribution in [3.05, 3.63) is 12.2 Å². The predicted molar refractivity (Wildman–Crippen MR) is 69.2 cm³/mol. The molecule has 3 N–H and O–H groups in total. The molecule has 0 aromatic rings. The summed E-state index contributed by atoms with van der Waals surface area (Å²) < 4.78 is 0. The molecule has 0 aromatic carbocycles. The number of aliphatic hydroxyl groups is 3. The molecule has 3 rings (SSSR count). The van der Waals surface area contributed by atoms with E-state index in [2.05, 4.69) is 6.58 Å². The molecule has 0 saturated heterocycles. The number of rotatable bonds is 0. The quantitative estimate of drug-likeness (QED) is 0.563. The fraction of sp³-hybridized carbons (Fsp3) is 0.800. The van der Waals surface area contributed by atoms with Crippen LogP contribution in [0.5, 0.6) is 0 Å². The summed E-state index contributed by atoms with van der Waals surface area (Å²) >= 11 is 0. The molecule has 7 atom stereocenters. The lowest BCUT2D eigenvalue weighted by molar-refractivity contribution is -0.169. The first-order valence-corrected chi connectivity index (χ1v) is 7.06. The Bertz CT molecular complexity index is 455. The molecule has 4 heteroatoms. The summed E-state index contributed by atoms with van der Waals surface area (Å²) in [4.78, 5) is 12.3. The van der Waals surface area contributed by atoms with Crippen molar-refractivity contribution in [3.8, 4) is 0 Å². The van der Waals surface area contributed by atoms with Crippen molar-refractivity contribution in [2.75, 3.05) is 0 Å². The fourth-order valence-corrected chi connectivity index (χ4v) is 4.82. The van der Waals surface area contributed by atoms with Crippen LogP contribution in [-0.4, -0.2) is 38.4 Å². The van der Waals surface area contributed by atoms with Gasteiger partial charge in [0, 0.05) is 18.3 Å². The van der Waals surface area contributed by atoms with Crippen molar-refractivity contribution < 1.29 is 20.1 Å². The third-order valence-corrected chi connectivity index (χ3v) is 5.88. The van der Waals surface area contributed by atoms with Gasteiger partial charge in [-0.1, -0.05) is 13.5 Å². The van der Waals surface area contributed by atoms with Gasteiger partial charge in [0.1, 0.15) is 5.60 Å². The highest BCUT2D eigenvalue weighted by atomic mass is 16.3. The molecule has 3 saturated carbocycles. The van der Waals surface area contributed by atoms with Gasteiger partial charge in [-0.3, -0.25) is 4.79 Å². The van der Waals surface area contributed by atoms with Gasteiger partial charge in [-0.2, -0.15) is 0 Å². The van der Waals surface area contributed by atoms with Gasteiger partial charge in [-0.15, -0.1) is 0 Å². The van der Waals surface area contributed by atoms with Crippen LogP contribution in [0.15, 0.2) is 12.2 Å². The monoisotopic (exact) mass is 266 g/mol. The second-order valence-electron chi connectivity index (χ2n) is 6.95. The van der Waals surface area contributed by atoms with Crippen LogP contribution < -0.4 is 0 Å². The average Bonchev–Trinajstić information content (AvgIpc) is 2.52. The lowest BCUT2D eigenvalue weighted by Crippen LogP contribution is -2.59. The van der Waals surface area contributed by atoms with Gasteiger partial charge in [0.05, 0.1) is 11.7 Å². The maximum absolute atomic E-state index is 12.3. The molecule has 106 valence electrons. The maximum Gasteiger partial charge on any atom is 0.169 e. The van der Waals surface area contributed by atoms with E-state index in [9.17, 15) is 20.1 Å². The summed E-state index contributed by atoms with van der Waals surface area (Å²) in [5.74, 6) is -0.771. The van der Waals surface area contributed by atoms with E-state index in [-0.39, 0.29) is 23.2 Å². The Labute approximate surface area is 113 Å². The number of aliphatic hydroxyl groups excluding tert-OH is 1. The van der Waals surface area contributed by atoms with Crippen molar-refractivity contribution in [1.29, 1.82) is 0 Å². The summed E-state index contributed by atoms with van der Waals surface area (Å²) in [6.07, 6.45) is 0.711. The van der Waals surface area contributed by atoms with Gasteiger partial charge >= 0.3 is 0 Å². The second-order valence-corrected chi connectivity index (χ2v) is 6.95. The van der Waals surface area contributed by atoms with E-state index in [1.807, 2.05) is 6.92 Å². The van der Waals surface area contributed by atoms with Gasteiger partial charge in [0.2, 0.25) is 0 Å².